The monoisotopic (exact) mass is 292 g/mol. The van der Waals surface area contributed by atoms with Crippen LogP contribution >= 0.6 is 0 Å². The molecular formula is C13H24O5S. The van der Waals surface area contributed by atoms with Gasteiger partial charge in [-0.2, -0.15) is 8.42 Å². The summed E-state index contributed by atoms with van der Waals surface area (Å²) in [6.07, 6.45) is 8.45. The van der Waals surface area contributed by atoms with Crippen LogP contribution in [0.2, 0.25) is 0 Å². The van der Waals surface area contributed by atoms with Gasteiger partial charge in [-0.3, -0.25) is 4.18 Å². The van der Waals surface area contributed by atoms with Gasteiger partial charge in [-0.05, 0) is 19.3 Å². The molecule has 19 heavy (non-hydrogen) atoms. The van der Waals surface area contributed by atoms with Gasteiger partial charge in [-0.25, -0.2) is 0 Å². The molecule has 0 radical (unpaired) electrons. The van der Waals surface area contributed by atoms with Gasteiger partial charge in [-0.1, -0.05) is 31.9 Å². The van der Waals surface area contributed by atoms with Gasteiger partial charge in [0.05, 0.1) is 12.4 Å². The zero-order valence-corrected chi connectivity index (χ0v) is 12.4. The van der Waals surface area contributed by atoms with Crippen LogP contribution in [0.4, 0.5) is 0 Å². The van der Waals surface area contributed by atoms with Gasteiger partial charge >= 0.3 is 0 Å². The van der Waals surface area contributed by atoms with Crippen LogP contribution in [0.25, 0.3) is 0 Å². The maximum Gasteiger partial charge on any atom is 0.264 e. The Morgan fingerprint density at radius 3 is 2.74 bits per heavy atom. The van der Waals surface area contributed by atoms with Crippen LogP contribution in [0.1, 0.15) is 45.4 Å². The first-order chi connectivity index (χ1) is 8.92. The van der Waals surface area contributed by atoms with Gasteiger partial charge in [0.2, 0.25) is 0 Å². The van der Waals surface area contributed by atoms with E-state index in [4.69, 9.17) is 8.92 Å². The molecular weight excluding hydrogens is 268 g/mol. The smallest absolute Gasteiger partial charge is 0.264 e. The maximum absolute atomic E-state index is 11.1. The zero-order valence-electron chi connectivity index (χ0n) is 11.6. The van der Waals surface area contributed by atoms with Crippen molar-refractivity contribution in [3.05, 3.63) is 12.2 Å². The molecule has 0 aromatic rings. The van der Waals surface area contributed by atoms with E-state index >= 15 is 0 Å². The Labute approximate surface area is 115 Å². The van der Waals surface area contributed by atoms with Crippen LogP contribution in [0.15, 0.2) is 12.2 Å². The normalized spacial score (nSPS) is 28.3. The van der Waals surface area contributed by atoms with E-state index in [1.165, 1.54) is 12.8 Å². The molecule has 6 heteroatoms. The standard InChI is InChI=1S/C13H24O5S/c1-3-4-5-6-7-8-9-11-12(10-13(14)17-11)18-19(2,15)16/h7-8,11-14H,3-6,9-10H2,1-2H3/b8-7-/t11-,12-,13?/m0/s1. The topological polar surface area (TPSA) is 72.8 Å². The summed E-state index contributed by atoms with van der Waals surface area (Å²) in [5, 5.41) is 9.42. The molecule has 5 nitrogen and oxygen atoms in total. The summed E-state index contributed by atoms with van der Waals surface area (Å²) in [5.41, 5.74) is 0. The highest BCUT2D eigenvalue weighted by atomic mass is 32.2. The number of aliphatic hydroxyl groups is 1. The van der Waals surface area contributed by atoms with Gasteiger partial charge in [0.15, 0.2) is 6.29 Å². The minimum absolute atomic E-state index is 0.196. The Hall–Kier alpha value is -0.430. The van der Waals surface area contributed by atoms with Gasteiger partial charge in [-0.15, -0.1) is 0 Å². The molecule has 0 aliphatic carbocycles. The number of ether oxygens (including phenoxy) is 1. The first kappa shape index (κ1) is 16.6. The summed E-state index contributed by atoms with van der Waals surface area (Å²) in [7, 11) is -3.52. The molecule has 0 bridgehead atoms. The first-order valence-corrected chi connectivity index (χ1v) is 8.61. The molecule has 0 amide bonds. The van der Waals surface area contributed by atoms with E-state index < -0.39 is 28.6 Å². The second-order valence-corrected chi connectivity index (χ2v) is 6.51. The van der Waals surface area contributed by atoms with Crippen LogP contribution in [0.3, 0.4) is 0 Å². The van der Waals surface area contributed by atoms with Crippen LogP contribution in [-0.2, 0) is 19.0 Å². The van der Waals surface area contributed by atoms with E-state index in [2.05, 4.69) is 13.0 Å². The molecule has 1 N–H and O–H groups in total. The molecule has 1 saturated heterocycles. The van der Waals surface area contributed by atoms with Crippen molar-refractivity contribution in [1.29, 1.82) is 0 Å². The zero-order chi connectivity index (χ0) is 14.3. The largest absolute Gasteiger partial charge is 0.368 e. The summed E-state index contributed by atoms with van der Waals surface area (Å²) in [6.45, 7) is 2.16. The molecule has 112 valence electrons. The van der Waals surface area contributed by atoms with E-state index in [9.17, 15) is 13.5 Å². The summed E-state index contributed by atoms with van der Waals surface area (Å²) >= 11 is 0. The second kappa shape index (κ2) is 7.99. The SMILES string of the molecule is CCCCC/C=C\C[C@@H]1OC(O)C[C@@H]1OS(C)(=O)=O. The minimum Gasteiger partial charge on any atom is -0.368 e. The molecule has 1 rings (SSSR count). The molecule has 0 spiro atoms. The van der Waals surface area contributed by atoms with Crippen molar-refractivity contribution in [3.63, 3.8) is 0 Å². The fraction of sp³-hybridized carbons (Fsp3) is 0.846. The lowest BCUT2D eigenvalue weighted by Gasteiger charge is -2.15. The molecule has 3 atom stereocenters. The third-order valence-electron chi connectivity index (χ3n) is 2.99. The molecule has 1 aliphatic heterocycles. The quantitative estimate of drug-likeness (QED) is 0.420. The van der Waals surface area contributed by atoms with Crippen molar-refractivity contribution in [1.82, 2.24) is 0 Å². The summed E-state index contributed by atoms with van der Waals surface area (Å²) < 4.78 is 32.4. The lowest BCUT2D eigenvalue weighted by molar-refractivity contribution is -0.0925. The Kier molecular flexibility index (Phi) is 6.99. The molecule has 0 aromatic heterocycles. The van der Waals surface area contributed by atoms with E-state index in [1.807, 2.05) is 6.08 Å². The molecule has 1 aliphatic rings. The molecule has 1 unspecified atom stereocenters. The molecule has 1 heterocycles. The van der Waals surface area contributed by atoms with Crippen LogP contribution in [-0.4, -0.2) is 38.3 Å². The number of aliphatic hydroxyl groups excluding tert-OH is 1. The fourth-order valence-corrected chi connectivity index (χ4v) is 2.74. The number of allylic oxidation sites excluding steroid dienone is 1. The van der Waals surface area contributed by atoms with E-state index in [-0.39, 0.29) is 6.42 Å². The maximum atomic E-state index is 11.1. The third kappa shape index (κ3) is 7.06. The van der Waals surface area contributed by atoms with E-state index in [0.717, 1.165) is 19.1 Å². The molecule has 0 aromatic carbocycles. The lowest BCUT2D eigenvalue weighted by Crippen LogP contribution is -2.26. The van der Waals surface area contributed by atoms with E-state index in [1.54, 1.807) is 0 Å². The summed E-state index contributed by atoms with van der Waals surface area (Å²) in [4.78, 5) is 0. The average Bonchev–Trinajstić information content (AvgIpc) is 2.61. The van der Waals surface area contributed by atoms with Crippen LogP contribution in [0.5, 0.6) is 0 Å². The Morgan fingerprint density at radius 1 is 1.37 bits per heavy atom. The van der Waals surface area contributed by atoms with Gasteiger partial charge in [0.1, 0.15) is 6.10 Å². The predicted octanol–water partition coefficient (Wildman–Crippen LogP) is 1.97. The second-order valence-electron chi connectivity index (χ2n) is 4.91. The average molecular weight is 292 g/mol. The number of hydrogen-bond donors (Lipinski definition) is 1. The number of unbranched alkanes of at least 4 members (excludes halogenated alkanes) is 3. The van der Waals surface area contributed by atoms with Crippen molar-refractivity contribution < 1.29 is 22.4 Å². The Morgan fingerprint density at radius 2 is 2.11 bits per heavy atom. The van der Waals surface area contributed by atoms with Crippen molar-refractivity contribution in [2.24, 2.45) is 0 Å². The fourth-order valence-electron chi connectivity index (χ4n) is 2.09. The predicted molar refractivity (Wildman–Crippen MR) is 73.1 cm³/mol. The third-order valence-corrected chi connectivity index (χ3v) is 3.59. The minimum atomic E-state index is -3.52. The van der Waals surface area contributed by atoms with Crippen molar-refractivity contribution in [2.75, 3.05) is 6.26 Å². The molecule has 0 saturated carbocycles. The number of hydrogen-bond acceptors (Lipinski definition) is 5. The lowest BCUT2D eigenvalue weighted by atomic mass is 10.1. The Balaban J connectivity index is 2.37. The first-order valence-electron chi connectivity index (χ1n) is 6.79. The van der Waals surface area contributed by atoms with Crippen molar-refractivity contribution in [2.45, 2.75) is 63.9 Å². The number of rotatable bonds is 8. The summed E-state index contributed by atoms with van der Waals surface area (Å²) in [6, 6.07) is 0. The van der Waals surface area contributed by atoms with Gasteiger partial charge in [0.25, 0.3) is 10.1 Å². The van der Waals surface area contributed by atoms with Crippen molar-refractivity contribution >= 4 is 10.1 Å². The highest BCUT2D eigenvalue weighted by molar-refractivity contribution is 7.86. The Bertz CT molecular complexity index is 376. The van der Waals surface area contributed by atoms with Crippen LogP contribution < -0.4 is 0 Å². The van der Waals surface area contributed by atoms with Crippen molar-refractivity contribution in [3.8, 4) is 0 Å². The molecule has 1 fully saturated rings. The van der Waals surface area contributed by atoms with Crippen LogP contribution in [0, 0.1) is 0 Å². The van der Waals surface area contributed by atoms with Gasteiger partial charge in [0, 0.05) is 6.42 Å². The van der Waals surface area contributed by atoms with Gasteiger partial charge < -0.3 is 9.84 Å². The van der Waals surface area contributed by atoms with E-state index in [0.29, 0.717) is 6.42 Å². The highest BCUT2D eigenvalue weighted by Crippen LogP contribution is 2.25. The highest BCUT2D eigenvalue weighted by Gasteiger charge is 2.36. The summed E-state index contributed by atoms with van der Waals surface area (Å²) in [5.74, 6) is 0.